The minimum Gasteiger partial charge on any atom is -0.335 e. The molecule has 2 aromatic heterocycles. The average molecular weight is 323 g/mol. The summed E-state index contributed by atoms with van der Waals surface area (Å²) < 4.78 is 3.43. The second kappa shape index (κ2) is 5.92. The molecule has 7 heteroatoms. The molecular formula is C17H17N5O2. The van der Waals surface area contributed by atoms with Gasteiger partial charge in [-0.3, -0.25) is 18.8 Å². The average Bonchev–Trinajstić information content (AvgIpc) is 3.09. The summed E-state index contributed by atoms with van der Waals surface area (Å²) >= 11 is 0. The van der Waals surface area contributed by atoms with Crippen LogP contribution in [0.4, 0.5) is 0 Å². The fourth-order valence-electron chi connectivity index (χ4n) is 3.04. The molecule has 0 saturated carbocycles. The van der Waals surface area contributed by atoms with E-state index in [1.807, 2.05) is 33.8 Å². The number of aryl methyl sites for hydroxylation is 1. The molecule has 0 saturated heterocycles. The van der Waals surface area contributed by atoms with Crippen LogP contribution < -0.4 is 5.56 Å². The Morgan fingerprint density at radius 3 is 2.96 bits per heavy atom. The Morgan fingerprint density at radius 2 is 2.04 bits per heavy atom. The van der Waals surface area contributed by atoms with E-state index in [0.29, 0.717) is 37.1 Å². The van der Waals surface area contributed by atoms with Gasteiger partial charge in [0.05, 0.1) is 36.0 Å². The molecule has 0 fully saturated rings. The summed E-state index contributed by atoms with van der Waals surface area (Å²) in [6.07, 6.45) is 3.56. The van der Waals surface area contributed by atoms with E-state index in [1.165, 1.54) is 10.9 Å². The van der Waals surface area contributed by atoms with Crippen LogP contribution in [-0.4, -0.2) is 36.7 Å². The number of fused-ring (bicyclic) bond motifs is 2. The van der Waals surface area contributed by atoms with Crippen LogP contribution in [0, 0.1) is 0 Å². The molecule has 24 heavy (non-hydrogen) atoms. The first-order valence-electron chi connectivity index (χ1n) is 7.95. The van der Waals surface area contributed by atoms with Crippen LogP contribution in [0.3, 0.4) is 0 Å². The van der Waals surface area contributed by atoms with Crippen molar-refractivity contribution in [2.75, 3.05) is 6.54 Å². The van der Waals surface area contributed by atoms with E-state index in [0.717, 1.165) is 5.69 Å². The highest BCUT2D eigenvalue weighted by Crippen LogP contribution is 2.12. The fraction of sp³-hybridized carbons (Fsp3) is 0.294. The van der Waals surface area contributed by atoms with Crippen LogP contribution in [0.1, 0.15) is 12.1 Å². The van der Waals surface area contributed by atoms with Crippen LogP contribution in [0.25, 0.3) is 10.9 Å². The van der Waals surface area contributed by atoms with Crippen molar-refractivity contribution in [3.05, 3.63) is 58.9 Å². The van der Waals surface area contributed by atoms with Crippen LogP contribution in [0.15, 0.2) is 47.7 Å². The number of rotatable bonds is 3. The van der Waals surface area contributed by atoms with Gasteiger partial charge in [-0.2, -0.15) is 5.10 Å². The van der Waals surface area contributed by atoms with Gasteiger partial charge in [-0.1, -0.05) is 12.1 Å². The first kappa shape index (κ1) is 14.6. The summed E-state index contributed by atoms with van der Waals surface area (Å²) in [5.74, 6) is 0.0440. The van der Waals surface area contributed by atoms with E-state index in [-0.39, 0.29) is 17.9 Å². The monoisotopic (exact) mass is 323 g/mol. The summed E-state index contributed by atoms with van der Waals surface area (Å²) in [6.45, 7) is 2.28. The van der Waals surface area contributed by atoms with E-state index < -0.39 is 0 Å². The van der Waals surface area contributed by atoms with Gasteiger partial charge in [0.2, 0.25) is 5.91 Å². The van der Waals surface area contributed by atoms with Crippen molar-refractivity contribution >= 4 is 16.8 Å². The number of hydrogen-bond acceptors (Lipinski definition) is 4. The Hall–Kier alpha value is -2.96. The molecule has 4 rings (SSSR count). The van der Waals surface area contributed by atoms with Crippen molar-refractivity contribution in [1.29, 1.82) is 0 Å². The molecule has 122 valence electrons. The molecule has 1 aliphatic rings. The molecular weight excluding hydrogens is 306 g/mol. The van der Waals surface area contributed by atoms with Gasteiger partial charge in [-0.15, -0.1) is 0 Å². The number of amides is 1. The maximum atomic E-state index is 12.4. The Kier molecular flexibility index (Phi) is 3.60. The van der Waals surface area contributed by atoms with Gasteiger partial charge in [-0.25, -0.2) is 4.98 Å². The third-order valence-electron chi connectivity index (χ3n) is 4.39. The van der Waals surface area contributed by atoms with E-state index in [1.54, 1.807) is 12.3 Å². The number of carbonyl (C=O) groups excluding carboxylic acids is 1. The van der Waals surface area contributed by atoms with Crippen molar-refractivity contribution in [3.63, 3.8) is 0 Å². The lowest BCUT2D eigenvalue weighted by molar-refractivity contribution is -0.133. The second-order valence-corrected chi connectivity index (χ2v) is 5.87. The molecule has 3 heterocycles. The molecule has 0 aliphatic carbocycles. The largest absolute Gasteiger partial charge is 0.335 e. The first-order chi connectivity index (χ1) is 11.7. The molecule has 0 radical (unpaired) electrons. The molecule has 3 aromatic rings. The van der Waals surface area contributed by atoms with Gasteiger partial charge in [0, 0.05) is 25.7 Å². The van der Waals surface area contributed by atoms with Crippen LogP contribution in [-0.2, 0) is 24.4 Å². The number of benzene rings is 1. The SMILES string of the molecule is O=C(CCn1cnc2ccccc2c1=O)N1CCn2nccc2C1. The Bertz CT molecular complexity index is 959. The molecule has 7 nitrogen and oxygen atoms in total. The summed E-state index contributed by atoms with van der Waals surface area (Å²) in [5.41, 5.74) is 1.61. The number of carbonyl (C=O) groups is 1. The molecule has 1 aromatic carbocycles. The minimum absolute atomic E-state index is 0.0440. The number of nitrogens with zero attached hydrogens (tertiary/aromatic N) is 5. The predicted molar refractivity (Wildman–Crippen MR) is 88.3 cm³/mol. The predicted octanol–water partition coefficient (Wildman–Crippen LogP) is 1.03. The Morgan fingerprint density at radius 1 is 1.17 bits per heavy atom. The number of para-hydroxylation sites is 1. The number of hydrogen-bond donors (Lipinski definition) is 0. The summed E-state index contributed by atoms with van der Waals surface area (Å²) in [5, 5.41) is 4.79. The van der Waals surface area contributed by atoms with Crippen molar-refractivity contribution < 1.29 is 4.79 Å². The topological polar surface area (TPSA) is 73.0 Å². The zero-order valence-corrected chi connectivity index (χ0v) is 13.1. The smallest absolute Gasteiger partial charge is 0.261 e. The molecule has 0 unspecified atom stereocenters. The van der Waals surface area contributed by atoms with Crippen LogP contribution in [0.2, 0.25) is 0 Å². The molecule has 0 spiro atoms. The zero-order valence-electron chi connectivity index (χ0n) is 13.1. The first-order valence-corrected chi connectivity index (χ1v) is 7.95. The van der Waals surface area contributed by atoms with Crippen molar-refractivity contribution in [2.24, 2.45) is 0 Å². The van der Waals surface area contributed by atoms with E-state index in [9.17, 15) is 9.59 Å². The third-order valence-corrected chi connectivity index (χ3v) is 4.39. The van der Waals surface area contributed by atoms with Crippen molar-refractivity contribution in [3.8, 4) is 0 Å². The van der Waals surface area contributed by atoms with Crippen molar-refractivity contribution in [1.82, 2.24) is 24.2 Å². The molecule has 0 bridgehead atoms. The highest BCUT2D eigenvalue weighted by atomic mass is 16.2. The lowest BCUT2D eigenvalue weighted by Gasteiger charge is -2.27. The van der Waals surface area contributed by atoms with Crippen LogP contribution in [0.5, 0.6) is 0 Å². The Balaban J connectivity index is 1.46. The van der Waals surface area contributed by atoms with Crippen LogP contribution >= 0.6 is 0 Å². The highest BCUT2D eigenvalue weighted by molar-refractivity contribution is 5.77. The molecule has 1 aliphatic heterocycles. The highest BCUT2D eigenvalue weighted by Gasteiger charge is 2.20. The van der Waals surface area contributed by atoms with Gasteiger partial charge in [0.25, 0.3) is 5.56 Å². The normalized spacial score (nSPS) is 13.9. The minimum atomic E-state index is -0.106. The quantitative estimate of drug-likeness (QED) is 0.721. The summed E-state index contributed by atoms with van der Waals surface area (Å²) in [6, 6.07) is 9.16. The molecule has 0 atom stereocenters. The Labute approximate surface area is 138 Å². The van der Waals surface area contributed by atoms with Gasteiger partial charge in [0.1, 0.15) is 0 Å². The van der Waals surface area contributed by atoms with Gasteiger partial charge in [-0.05, 0) is 18.2 Å². The number of aromatic nitrogens is 4. The lowest BCUT2D eigenvalue weighted by Crippen LogP contribution is -2.39. The maximum absolute atomic E-state index is 12.4. The third kappa shape index (κ3) is 2.58. The summed E-state index contributed by atoms with van der Waals surface area (Å²) in [4.78, 5) is 31.0. The van der Waals surface area contributed by atoms with E-state index in [2.05, 4.69) is 10.1 Å². The van der Waals surface area contributed by atoms with E-state index in [4.69, 9.17) is 0 Å². The van der Waals surface area contributed by atoms with Gasteiger partial charge in [0.15, 0.2) is 0 Å². The fourth-order valence-corrected chi connectivity index (χ4v) is 3.04. The van der Waals surface area contributed by atoms with Gasteiger partial charge < -0.3 is 4.90 Å². The summed E-state index contributed by atoms with van der Waals surface area (Å²) in [7, 11) is 0. The second-order valence-electron chi connectivity index (χ2n) is 5.87. The maximum Gasteiger partial charge on any atom is 0.261 e. The molecule has 0 N–H and O–H groups in total. The zero-order chi connectivity index (χ0) is 16.5. The van der Waals surface area contributed by atoms with E-state index >= 15 is 0 Å². The van der Waals surface area contributed by atoms with Crippen molar-refractivity contribution in [2.45, 2.75) is 26.1 Å². The standard InChI is InChI=1S/C17H17N5O2/c23-16(20-9-10-22-13(11-20)5-7-19-22)6-8-21-12-18-15-4-2-1-3-14(15)17(21)24/h1-5,7,12H,6,8-11H2. The molecule has 1 amide bonds. The lowest BCUT2D eigenvalue weighted by atomic mass is 10.2. The van der Waals surface area contributed by atoms with Gasteiger partial charge >= 0.3 is 0 Å².